The van der Waals surface area contributed by atoms with Crippen LogP contribution in [-0.4, -0.2) is 36.4 Å². The second-order valence-corrected chi connectivity index (χ2v) is 5.23. The van der Waals surface area contributed by atoms with Crippen LogP contribution < -0.4 is 4.90 Å². The van der Waals surface area contributed by atoms with Crippen LogP contribution in [0.3, 0.4) is 0 Å². The summed E-state index contributed by atoms with van der Waals surface area (Å²) in [6.07, 6.45) is 5.99. The Balaban J connectivity index is 1.93. The van der Waals surface area contributed by atoms with Crippen LogP contribution in [0.25, 0.3) is 0 Å². The van der Waals surface area contributed by atoms with Gasteiger partial charge < -0.3 is 14.7 Å². The third-order valence-electron chi connectivity index (χ3n) is 3.69. The number of hydrogen-bond acceptors (Lipinski definition) is 4. The molecule has 0 radical (unpaired) electrons. The quantitative estimate of drug-likeness (QED) is 0.887. The summed E-state index contributed by atoms with van der Waals surface area (Å²) in [6.45, 7) is 3.74. The summed E-state index contributed by atoms with van der Waals surface area (Å²) in [6, 6.07) is 3.92. The lowest BCUT2D eigenvalue weighted by Gasteiger charge is -2.28. The van der Waals surface area contributed by atoms with E-state index in [2.05, 4.69) is 16.9 Å². The van der Waals surface area contributed by atoms with Gasteiger partial charge in [0, 0.05) is 20.2 Å². The number of anilines is 1. The summed E-state index contributed by atoms with van der Waals surface area (Å²) in [5.74, 6) is 0. The molecule has 1 unspecified atom stereocenters. The molecule has 1 aromatic heterocycles. The molecular weight excluding hydrogens is 240 g/mol. The van der Waals surface area contributed by atoms with Gasteiger partial charge in [0.1, 0.15) is 0 Å². The van der Waals surface area contributed by atoms with E-state index in [1.165, 1.54) is 12.8 Å². The Morgan fingerprint density at radius 2 is 2.32 bits per heavy atom. The molecule has 1 fully saturated rings. The van der Waals surface area contributed by atoms with Crippen LogP contribution in [0.5, 0.6) is 0 Å². The van der Waals surface area contributed by atoms with Crippen LogP contribution in [0.15, 0.2) is 18.3 Å². The first kappa shape index (κ1) is 14.3. The van der Waals surface area contributed by atoms with Crippen LogP contribution in [0, 0.1) is 0 Å². The van der Waals surface area contributed by atoms with Crippen LogP contribution in [0.1, 0.15) is 44.4 Å². The molecule has 0 bridgehead atoms. The van der Waals surface area contributed by atoms with E-state index < -0.39 is 6.10 Å². The molecule has 1 aromatic rings. The Bertz CT molecular complexity index is 374. The molecule has 2 atom stereocenters. The van der Waals surface area contributed by atoms with Crippen molar-refractivity contribution in [3.63, 3.8) is 0 Å². The van der Waals surface area contributed by atoms with E-state index in [4.69, 9.17) is 4.74 Å². The minimum Gasteiger partial charge on any atom is -0.387 e. The van der Waals surface area contributed by atoms with E-state index in [0.717, 1.165) is 31.0 Å². The zero-order chi connectivity index (χ0) is 13.7. The molecule has 0 amide bonds. The minimum absolute atomic E-state index is 0.333. The Labute approximate surface area is 115 Å². The van der Waals surface area contributed by atoms with Crippen molar-refractivity contribution in [2.75, 3.05) is 25.1 Å². The van der Waals surface area contributed by atoms with Crippen LogP contribution in [-0.2, 0) is 4.74 Å². The lowest BCUT2D eigenvalue weighted by molar-refractivity contribution is 0.0216. The maximum Gasteiger partial charge on any atom is 0.0957 e. The van der Waals surface area contributed by atoms with E-state index in [0.29, 0.717) is 12.5 Å². The molecule has 1 aliphatic heterocycles. The van der Waals surface area contributed by atoms with E-state index >= 15 is 0 Å². The fourth-order valence-electron chi connectivity index (χ4n) is 2.39. The fourth-order valence-corrected chi connectivity index (χ4v) is 2.39. The molecule has 19 heavy (non-hydrogen) atoms. The number of pyridine rings is 1. The van der Waals surface area contributed by atoms with Gasteiger partial charge in [-0.15, -0.1) is 0 Å². The monoisotopic (exact) mass is 264 g/mol. The predicted molar refractivity (Wildman–Crippen MR) is 76.3 cm³/mol. The summed E-state index contributed by atoms with van der Waals surface area (Å²) in [4.78, 5) is 6.50. The largest absolute Gasteiger partial charge is 0.387 e. The predicted octanol–water partition coefficient (Wildman–Crippen LogP) is 2.53. The number of rotatable bonds is 5. The second kappa shape index (κ2) is 6.87. The molecule has 1 N–H and O–H groups in total. The Morgan fingerprint density at radius 3 is 2.89 bits per heavy atom. The zero-order valence-corrected chi connectivity index (χ0v) is 11.9. The molecule has 2 heterocycles. The van der Waals surface area contributed by atoms with Crippen LogP contribution in [0.2, 0.25) is 0 Å². The van der Waals surface area contributed by atoms with Crippen molar-refractivity contribution in [1.82, 2.24) is 4.98 Å². The van der Waals surface area contributed by atoms with Crippen LogP contribution >= 0.6 is 0 Å². The number of aliphatic hydroxyl groups excluding tert-OH is 1. The molecular formula is C15H24N2O2. The first-order valence-electron chi connectivity index (χ1n) is 7.17. The molecule has 0 aliphatic carbocycles. The third-order valence-corrected chi connectivity index (χ3v) is 3.69. The van der Waals surface area contributed by atoms with Gasteiger partial charge in [-0.3, -0.25) is 4.98 Å². The van der Waals surface area contributed by atoms with Crippen molar-refractivity contribution >= 4 is 5.69 Å². The van der Waals surface area contributed by atoms with Crippen LogP contribution in [0.4, 0.5) is 5.69 Å². The number of likely N-dealkylation sites (N-methyl/N-ethyl adjacent to an activating group) is 1. The molecule has 106 valence electrons. The minimum atomic E-state index is -0.457. The van der Waals surface area contributed by atoms with Crippen molar-refractivity contribution in [2.24, 2.45) is 0 Å². The van der Waals surface area contributed by atoms with Crippen molar-refractivity contribution in [1.29, 1.82) is 0 Å². The number of aliphatic hydroxyl groups is 1. The lowest BCUT2D eigenvalue weighted by atomic mass is 10.1. The summed E-state index contributed by atoms with van der Waals surface area (Å²) in [5.41, 5.74) is 1.81. The van der Waals surface area contributed by atoms with Gasteiger partial charge in [0.15, 0.2) is 0 Å². The standard InChI is InChI=1S/C15H24N2O2/c1-3-15(18)14-8-7-12(10-16-14)17(2)11-13-6-4-5-9-19-13/h7-8,10,13,15,18H,3-6,9,11H2,1-2H3/t13?,15-/m0/s1. The number of nitrogens with zero attached hydrogens (tertiary/aromatic N) is 2. The Hall–Kier alpha value is -1.13. The number of hydrogen-bond donors (Lipinski definition) is 1. The number of ether oxygens (including phenoxy) is 1. The summed E-state index contributed by atoms with van der Waals surface area (Å²) >= 11 is 0. The van der Waals surface area contributed by atoms with Gasteiger partial charge in [-0.05, 0) is 37.8 Å². The highest BCUT2D eigenvalue weighted by atomic mass is 16.5. The van der Waals surface area contributed by atoms with E-state index in [9.17, 15) is 5.11 Å². The molecule has 1 aliphatic rings. The van der Waals surface area contributed by atoms with Crippen molar-refractivity contribution in [2.45, 2.75) is 44.8 Å². The molecule has 4 nitrogen and oxygen atoms in total. The normalized spacial score (nSPS) is 21.1. The highest BCUT2D eigenvalue weighted by Gasteiger charge is 2.16. The zero-order valence-electron chi connectivity index (χ0n) is 11.9. The third kappa shape index (κ3) is 3.91. The molecule has 2 rings (SSSR count). The van der Waals surface area contributed by atoms with Gasteiger partial charge >= 0.3 is 0 Å². The van der Waals surface area contributed by atoms with Gasteiger partial charge in [-0.1, -0.05) is 6.92 Å². The highest BCUT2D eigenvalue weighted by molar-refractivity contribution is 5.44. The Morgan fingerprint density at radius 1 is 1.47 bits per heavy atom. The summed E-state index contributed by atoms with van der Waals surface area (Å²) in [5, 5.41) is 9.72. The van der Waals surface area contributed by atoms with Gasteiger partial charge in [-0.25, -0.2) is 0 Å². The van der Waals surface area contributed by atoms with Gasteiger partial charge in [0.25, 0.3) is 0 Å². The van der Waals surface area contributed by atoms with Gasteiger partial charge in [0.05, 0.1) is 29.8 Å². The van der Waals surface area contributed by atoms with E-state index in [1.54, 1.807) is 0 Å². The molecule has 1 saturated heterocycles. The smallest absolute Gasteiger partial charge is 0.0957 e. The average molecular weight is 264 g/mol. The first-order valence-corrected chi connectivity index (χ1v) is 7.17. The fraction of sp³-hybridized carbons (Fsp3) is 0.667. The van der Waals surface area contributed by atoms with E-state index in [1.807, 2.05) is 25.3 Å². The molecule has 0 spiro atoms. The average Bonchev–Trinajstić information content (AvgIpc) is 2.47. The maximum absolute atomic E-state index is 9.72. The lowest BCUT2D eigenvalue weighted by Crippen LogP contribution is -2.33. The Kier molecular flexibility index (Phi) is 5.16. The van der Waals surface area contributed by atoms with Gasteiger partial charge in [0.2, 0.25) is 0 Å². The highest BCUT2D eigenvalue weighted by Crippen LogP contribution is 2.20. The summed E-state index contributed by atoms with van der Waals surface area (Å²) < 4.78 is 5.75. The second-order valence-electron chi connectivity index (χ2n) is 5.23. The van der Waals surface area contributed by atoms with Crippen molar-refractivity contribution in [3.8, 4) is 0 Å². The summed E-state index contributed by atoms with van der Waals surface area (Å²) in [7, 11) is 2.06. The molecule has 0 saturated carbocycles. The molecule has 4 heteroatoms. The maximum atomic E-state index is 9.72. The SMILES string of the molecule is CC[C@H](O)c1ccc(N(C)CC2CCCCO2)cn1. The first-order chi connectivity index (χ1) is 9.20. The molecule has 0 aromatic carbocycles. The van der Waals surface area contributed by atoms with Crippen molar-refractivity contribution in [3.05, 3.63) is 24.0 Å². The van der Waals surface area contributed by atoms with Gasteiger partial charge in [-0.2, -0.15) is 0 Å². The topological polar surface area (TPSA) is 45.6 Å². The number of aromatic nitrogens is 1. The van der Waals surface area contributed by atoms with E-state index in [-0.39, 0.29) is 0 Å². The van der Waals surface area contributed by atoms with Crippen molar-refractivity contribution < 1.29 is 9.84 Å².